The highest BCUT2D eigenvalue weighted by Gasteiger charge is 2.30. The summed E-state index contributed by atoms with van der Waals surface area (Å²) in [7, 11) is 1.48. The first-order valence-corrected chi connectivity index (χ1v) is 15.3. The number of hydrogen-bond donors (Lipinski definition) is 3. The summed E-state index contributed by atoms with van der Waals surface area (Å²) in [5.74, 6) is 5.83. The number of β-amino-alcohol motifs (C(OH)–C–C–N with tert-alkyl or cyclic N) is 1. The number of likely N-dealkylation sites (tertiary alicyclic amines) is 1. The smallest absolute Gasteiger partial charge is 0.406 e. The summed E-state index contributed by atoms with van der Waals surface area (Å²) in [5, 5.41) is 17.4. The largest absolute Gasteiger partial charge is 0.495 e. The lowest BCUT2D eigenvalue weighted by Gasteiger charge is -2.34. The molecular weight excluding hydrogens is 568 g/mol. The standard InChI is InChI=1S/C31H38F4N4O2S/c1-4-7-23(40)19-38-14-11-21(12-15-38)37-26-9-5-10-28-24(26)16-22(39(28)20-31(33,34)35)8-6-13-36-27-17-25(32)30(42-3)18-29(27)41-2/h5,9-10,16-18,21,23,36-37,40H,4,7,11-15,19-20H2,1-3H3. The Morgan fingerprint density at radius 1 is 1.17 bits per heavy atom. The summed E-state index contributed by atoms with van der Waals surface area (Å²) < 4.78 is 61.6. The van der Waals surface area contributed by atoms with Crippen LogP contribution in [0.3, 0.4) is 0 Å². The zero-order chi connectivity index (χ0) is 30.3. The van der Waals surface area contributed by atoms with Crippen LogP contribution < -0.4 is 15.4 Å². The van der Waals surface area contributed by atoms with E-state index in [1.54, 1.807) is 30.5 Å². The van der Waals surface area contributed by atoms with Crippen LogP contribution in [-0.2, 0) is 6.54 Å². The van der Waals surface area contributed by atoms with Crippen molar-refractivity contribution in [1.29, 1.82) is 0 Å². The Morgan fingerprint density at radius 2 is 1.93 bits per heavy atom. The third-order valence-corrected chi connectivity index (χ3v) is 8.13. The van der Waals surface area contributed by atoms with Gasteiger partial charge in [-0.25, -0.2) is 4.39 Å². The van der Waals surface area contributed by atoms with Crippen molar-refractivity contribution in [2.45, 2.75) is 62.4 Å². The van der Waals surface area contributed by atoms with Gasteiger partial charge in [0.2, 0.25) is 0 Å². The minimum absolute atomic E-state index is 0.0819. The van der Waals surface area contributed by atoms with Gasteiger partial charge in [0.25, 0.3) is 0 Å². The van der Waals surface area contributed by atoms with Crippen LogP contribution in [0.15, 0.2) is 41.3 Å². The number of methoxy groups -OCH3 is 1. The van der Waals surface area contributed by atoms with E-state index in [0.717, 1.165) is 44.5 Å². The average Bonchev–Trinajstić information content (AvgIpc) is 3.29. The number of thioether (sulfide) groups is 1. The fourth-order valence-corrected chi connectivity index (χ4v) is 5.82. The van der Waals surface area contributed by atoms with Crippen LogP contribution in [-0.4, -0.2) is 72.4 Å². The van der Waals surface area contributed by atoms with Crippen molar-refractivity contribution in [3.8, 4) is 17.6 Å². The van der Waals surface area contributed by atoms with Crippen LogP contribution >= 0.6 is 11.8 Å². The van der Waals surface area contributed by atoms with Gasteiger partial charge in [-0.15, -0.1) is 11.8 Å². The van der Waals surface area contributed by atoms with Crippen molar-refractivity contribution in [1.82, 2.24) is 9.47 Å². The second-order valence-electron chi connectivity index (χ2n) is 10.5. The molecule has 0 amide bonds. The topological polar surface area (TPSA) is 61.7 Å². The second-order valence-corrected chi connectivity index (χ2v) is 11.3. The number of rotatable bonds is 11. The molecule has 3 N–H and O–H groups in total. The number of nitrogens with one attached hydrogen (secondary N) is 2. The molecule has 0 radical (unpaired) electrons. The minimum atomic E-state index is -4.43. The number of ether oxygens (including phenoxy) is 1. The third-order valence-electron chi connectivity index (χ3n) is 7.38. The van der Waals surface area contributed by atoms with E-state index in [0.29, 0.717) is 33.8 Å². The third kappa shape index (κ3) is 8.27. The molecule has 1 unspecified atom stereocenters. The molecule has 1 saturated heterocycles. The van der Waals surface area contributed by atoms with Crippen LogP contribution in [0.2, 0.25) is 0 Å². The first-order chi connectivity index (χ1) is 20.1. The SMILES string of the molecule is CCCC(O)CN1CCC(Nc2cccc3c2cc(C#CCNc2cc(F)c(SC)cc2OC)n3CC(F)(F)F)CC1. The van der Waals surface area contributed by atoms with Crippen molar-refractivity contribution >= 4 is 34.0 Å². The minimum Gasteiger partial charge on any atom is -0.495 e. The number of anilines is 2. The summed E-state index contributed by atoms with van der Waals surface area (Å²) >= 11 is 1.26. The van der Waals surface area contributed by atoms with Gasteiger partial charge in [0.05, 0.1) is 36.7 Å². The average molecular weight is 607 g/mol. The molecule has 0 saturated carbocycles. The number of nitrogens with zero attached hydrogens (tertiary/aromatic N) is 2. The van der Waals surface area contributed by atoms with Gasteiger partial charge < -0.3 is 29.9 Å². The highest BCUT2D eigenvalue weighted by atomic mass is 32.2. The molecule has 4 rings (SSSR count). The summed E-state index contributed by atoms with van der Waals surface area (Å²) in [5.41, 5.74) is 1.88. The number of aliphatic hydroxyl groups excluding tert-OH is 1. The predicted molar refractivity (Wildman–Crippen MR) is 162 cm³/mol. The highest BCUT2D eigenvalue weighted by molar-refractivity contribution is 7.98. The molecule has 0 bridgehead atoms. The van der Waals surface area contributed by atoms with E-state index < -0.39 is 18.5 Å². The van der Waals surface area contributed by atoms with Crippen molar-refractivity contribution in [3.05, 3.63) is 47.9 Å². The fraction of sp³-hybridized carbons (Fsp3) is 0.484. The van der Waals surface area contributed by atoms with Crippen LogP contribution in [0.25, 0.3) is 10.9 Å². The van der Waals surface area contributed by atoms with Crippen molar-refractivity contribution in [3.63, 3.8) is 0 Å². The van der Waals surface area contributed by atoms with Crippen LogP contribution in [0.4, 0.5) is 28.9 Å². The van der Waals surface area contributed by atoms with Crippen LogP contribution in [0, 0.1) is 17.7 Å². The number of alkyl halides is 3. The Hall–Kier alpha value is -3.07. The monoisotopic (exact) mass is 606 g/mol. The summed E-state index contributed by atoms with van der Waals surface area (Å²) in [6.45, 7) is 3.34. The number of aliphatic hydroxyl groups is 1. The molecule has 3 aromatic rings. The molecule has 6 nitrogen and oxygen atoms in total. The molecule has 1 aliphatic heterocycles. The lowest BCUT2D eigenvalue weighted by atomic mass is 10.0. The molecule has 1 atom stereocenters. The molecule has 1 aliphatic rings. The molecule has 11 heteroatoms. The normalized spacial score (nSPS) is 15.3. The molecule has 1 fully saturated rings. The number of halogens is 4. The lowest BCUT2D eigenvalue weighted by molar-refractivity contribution is -0.140. The van der Waals surface area contributed by atoms with E-state index in [1.807, 2.05) is 6.07 Å². The van der Waals surface area contributed by atoms with E-state index in [1.165, 1.54) is 29.5 Å². The fourth-order valence-electron chi connectivity index (χ4n) is 5.34. The van der Waals surface area contributed by atoms with Gasteiger partial charge in [0, 0.05) is 47.7 Å². The first kappa shape index (κ1) is 31.9. The van der Waals surface area contributed by atoms with E-state index in [4.69, 9.17) is 4.74 Å². The molecular formula is C31H38F4N4O2S. The van der Waals surface area contributed by atoms with Gasteiger partial charge in [0.1, 0.15) is 18.1 Å². The van der Waals surface area contributed by atoms with Crippen molar-refractivity contribution in [2.24, 2.45) is 0 Å². The van der Waals surface area contributed by atoms with E-state index in [-0.39, 0.29) is 24.4 Å². The second kappa shape index (κ2) is 14.4. The zero-order valence-electron chi connectivity index (χ0n) is 24.2. The summed E-state index contributed by atoms with van der Waals surface area (Å²) in [6.07, 6.45) is 0.498. The van der Waals surface area contributed by atoms with E-state index in [2.05, 4.69) is 34.3 Å². The Labute approximate surface area is 248 Å². The highest BCUT2D eigenvalue weighted by Crippen LogP contribution is 2.33. The maximum Gasteiger partial charge on any atom is 0.406 e. The van der Waals surface area contributed by atoms with Gasteiger partial charge in [-0.2, -0.15) is 13.2 Å². The molecule has 1 aromatic heterocycles. The Balaban J connectivity index is 1.52. The maximum atomic E-state index is 14.3. The summed E-state index contributed by atoms with van der Waals surface area (Å²) in [6, 6.07) is 10.1. The molecule has 42 heavy (non-hydrogen) atoms. The molecule has 2 aromatic carbocycles. The maximum absolute atomic E-state index is 14.3. The molecule has 2 heterocycles. The molecule has 0 aliphatic carbocycles. The van der Waals surface area contributed by atoms with Crippen molar-refractivity contribution < 1.29 is 27.4 Å². The van der Waals surface area contributed by atoms with Gasteiger partial charge in [0.15, 0.2) is 0 Å². The Kier molecular flexibility index (Phi) is 10.9. The Morgan fingerprint density at radius 3 is 2.60 bits per heavy atom. The molecule has 228 valence electrons. The number of piperidine rings is 1. The zero-order valence-corrected chi connectivity index (χ0v) is 25.0. The van der Waals surface area contributed by atoms with Crippen LogP contribution in [0.5, 0.6) is 5.75 Å². The lowest BCUT2D eigenvalue weighted by Crippen LogP contribution is -2.42. The van der Waals surface area contributed by atoms with Gasteiger partial charge in [-0.1, -0.05) is 25.3 Å². The van der Waals surface area contributed by atoms with Gasteiger partial charge in [-0.05, 0) is 55.7 Å². The number of benzene rings is 2. The molecule has 0 spiro atoms. The van der Waals surface area contributed by atoms with Gasteiger partial charge in [-0.3, -0.25) is 0 Å². The van der Waals surface area contributed by atoms with Gasteiger partial charge >= 0.3 is 6.18 Å². The quantitative estimate of drug-likeness (QED) is 0.130. The Bertz CT molecular complexity index is 1410. The number of fused-ring (bicyclic) bond motifs is 1. The predicted octanol–water partition coefficient (Wildman–Crippen LogP) is 6.57. The number of aromatic nitrogens is 1. The van der Waals surface area contributed by atoms with E-state index in [9.17, 15) is 22.7 Å². The first-order valence-electron chi connectivity index (χ1n) is 14.1. The van der Waals surface area contributed by atoms with E-state index >= 15 is 0 Å². The van der Waals surface area contributed by atoms with Crippen LogP contribution in [0.1, 0.15) is 38.3 Å². The number of hydrogen-bond acceptors (Lipinski definition) is 6. The van der Waals surface area contributed by atoms with Crippen molar-refractivity contribution in [2.75, 3.05) is 50.2 Å². The summed E-state index contributed by atoms with van der Waals surface area (Å²) in [4.78, 5) is 2.71.